The number of nitrogens with zero attached hydrogens (tertiary/aromatic N) is 5. The lowest BCUT2D eigenvalue weighted by atomic mass is 10.1. The number of hydrogen-bond donors (Lipinski definition) is 1. The minimum absolute atomic E-state index is 0.111. The summed E-state index contributed by atoms with van der Waals surface area (Å²) in [6.07, 6.45) is 4.57. The van der Waals surface area contributed by atoms with Crippen LogP contribution in [0.25, 0.3) is 0 Å². The minimum Gasteiger partial charge on any atom is -0.322 e. The summed E-state index contributed by atoms with van der Waals surface area (Å²) in [5.74, 6) is -0.331. The third-order valence-corrected chi connectivity index (χ3v) is 4.23. The van der Waals surface area contributed by atoms with E-state index in [0.717, 1.165) is 5.56 Å². The van der Waals surface area contributed by atoms with Gasteiger partial charge in [0.2, 0.25) is 5.91 Å². The standard InChI is InChI=1S/C18H20N6O3/c1-12-4-6-15(7-5-12)9-22-10-16(8-19-22)20-18(25)14(3)23-11-17(24(26)27)13(2)21-23/h4-8,10-11,14H,9H2,1-3H3,(H,20,25). The van der Waals surface area contributed by atoms with Crippen molar-refractivity contribution in [3.63, 3.8) is 0 Å². The normalized spacial score (nSPS) is 12.0. The summed E-state index contributed by atoms with van der Waals surface area (Å²) in [4.78, 5) is 22.8. The maximum Gasteiger partial charge on any atom is 0.309 e. The van der Waals surface area contributed by atoms with Crippen LogP contribution in [0.3, 0.4) is 0 Å². The second kappa shape index (κ2) is 7.40. The highest BCUT2D eigenvalue weighted by molar-refractivity contribution is 5.93. The fourth-order valence-corrected chi connectivity index (χ4v) is 2.61. The number of carbonyl (C=O) groups excluding carboxylic acids is 1. The van der Waals surface area contributed by atoms with Gasteiger partial charge >= 0.3 is 5.69 Å². The van der Waals surface area contributed by atoms with Crippen molar-refractivity contribution in [2.45, 2.75) is 33.4 Å². The summed E-state index contributed by atoms with van der Waals surface area (Å²) in [6, 6.07) is 7.44. The molecular weight excluding hydrogens is 348 g/mol. The maximum absolute atomic E-state index is 12.4. The molecule has 0 bridgehead atoms. The van der Waals surface area contributed by atoms with Gasteiger partial charge in [-0.25, -0.2) is 0 Å². The first-order valence-electron chi connectivity index (χ1n) is 8.42. The number of amides is 1. The molecule has 1 N–H and O–H groups in total. The molecule has 0 radical (unpaired) electrons. The Bertz CT molecular complexity index is 973. The number of benzene rings is 1. The second-order valence-corrected chi connectivity index (χ2v) is 6.41. The highest BCUT2D eigenvalue weighted by Crippen LogP contribution is 2.19. The van der Waals surface area contributed by atoms with E-state index >= 15 is 0 Å². The fourth-order valence-electron chi connectivity index (χ4n) is 2.61. The van der Waals surface area contributed by atoms with Crippen LogP contribution < -0.4 is 5.32 Å². The molecular formula is C18H20N6O3. The number of nitrogens with one attached hydrogen (secondary N) is 1. The summed E-state index contributed by atoms with van der Waals surface area (Å²) in [5.41, 5.74) is 3.01. The number of anilines is 1. The molecule has 0 spiro atoms. The molecule has 9 heteroatoms. The zero-order valence-electron chi connectivity index (χ0n) is 15.3. The number of hydrogen-bond acceptors (Lipinski definition) is 5. The number of nitro groups is 1. The molecule has 0 saturated heterocycles. The molecule has 140 valence electrons. The van der Waals surface area contributed by atoms with Gasteiger partial charge in [-0.05, 0) is 26.3 Å². The van der Waals surface area contributed by atoms with Crippen LogP contribution in [0.5, 0.6) is 0 Å². The maximum atomic E-state index is 12.4. The van der Waals surface area contributed by atoms with E-state index < -0.39 is 11.0 Å². The summed E-state index contributed by atoms with van der Waals surface area (Å²) in [7, 11) is 0. The topological polar surface area (TPSA) is 108 Å². The summed E-state index contributed by atoms with van der Waals surface area (Å²) in [6.45, 7) is 5.79. The molecule has 9 nitrogen and oxygen atoms in total. The van der Waals surface area contributed by atoms with Crippen LogP contribution in [0.2, 0.25) is 0 Å². The molecule has 27 heavy (non-hydrogen) atoms. The lowest BCUT2D eigenvalue weighted by Gasteiger charge is -2.11. The van der Waals surface area contributed by atoms with Gasteiger partial charge in [-0.2, -0.15) is 10.2 Å². The van der Waals surface area contributed by atoms with Crippen molar-refractivity contribution in [1.82, 2.24) is 19.6 Å². The summed E-state index contributed by atoms with van der Waals surface area (Å²) in [5, 5.41) is 22.0. The van der Waals surface area contributed by atoms with Crippen molar-refractivity contribution in [2.24, 2.45) is 0 Å². The second-order valence-electron chi connectivity index (χ2n) is 6.41. The van der Waals surface area contributed by atoms with Gasteiger partial charge in [0, 0.05) is 6.20 Å². The molecule has 0 aliphatic carbocycles. The van der Waals surface area contributed by atoms with Gasteiger partial charge in [-0.15, -0.1) is 0 Å². The molecule has 3 aromatic rings. The predicted molar refractivity (Wildman–Crippen MR) is 99.5 cm³/mol. The van der Waals surface area contributed by atoms with E-state index in [-0.39, 0.29) is 17.3 Å². The highest BCUT2D eigenvalue weighted by atomic mass is 16.6. The third kappa shape index (κ3) is 4.20. The van der Waals surface area contributed by atoms with E-state index in [4.69, 9.17) is 0 Å². The van der Waals surface area contributed by atoms with Crippen LogP contribution in [0.15, 0.2) is 42.9 Å². The van der Waals surface area contributed by atoms with Crippen molar-refractivity contribution in [1.29, 1.82) is 0 Å². The van der Waals surface area contributed by atoms with E-state index in [1.54, 1.807) is 24.0 Å². The number of rotatable bonds is 6. The third-order valence-electron chi connectivity index (χ3n) is 4.23. The van der Waals surface area contributed by atoms with E-state index in [0.29, 0.717) is 12.2 Å². The Balaban J connectivity index is 1.65. The average Bonchev–Trinajstić information content (AvgIpc) is 3.22. The highest BCUT2D eigenvalue weighted by Gasteiger charge is 2.22. The molecule has 0 aliphatic heterocycles. The van der Waals surface area contributed by atoms with Crippen LogP contribution in [0, 0.1) is 24.0 Å². The summed E-state index contributed by atoms with van der Waals surface area (Å²) >= 11 is 0. The molecule has 1 amide bonds. The van der Waals surface area contributed by atoms with Gasteiger partial charge in [0.15, 0.2) is 0 Å². The van der Waals surface area contributed by atoms with Crippen molar-refractivity contribution in [2.75, 3.05) is 5.32 Å². The molecule has 0 aliphatic rings. The van der Waals surface area contributed by atoms with Crippen LogP contribution in [0.1, 0.15) is 29.8 Å². The van der Waals surface area contributed by atoms with E-state index in [9.17, 15) is 14.9 Å². The fraction of sp³-hybridized carbons (Fsp3) is 0.278. The molecule has 3 rings (SSSR count). The van der Waals surface area contributed by atoms with Crippen LogP contribution in [-0.4, -0.2) is 30.4 Å². The van der Waals surface area contributed by atoms with Crippen molar-refractivity contribution in [3.8, 4) is 0 Å². The zero-order chi connectivity index (χ0) is 19.6. The lowest BCUT2D eigenvalue weighted by Crippen LogP contribution is -2.24. The predicted octanol–water partition coefficient (Wildman–Crippen LogP) is 2.85. The van der Waals surface area contributed by atoms with Crippen molar-refractivity contribution < 1.29 is 9.72 Å². The molecule has 1 atom stereocenters. The smallest absolute Gasteiger partial charge is 0.309 e. The Kier molecular flexibility index (Phi) is 5.02. The van der Waals surface area contributed by atoms with Gasteiger partial charge in [0.25, 0.3) is 0 Å². The lowest BCUT2D eigenvalue weighted by molar-refractivity contribution is -0.385. The largest absolute Gasteiger partial charge is 0.322 e. The molecule has 0 fully saturated rings. The zero-order valence-corrected chi connectivity index (χ0v) is 15.3. The Hall–Kier alpha value is -3.49. The molecule has 2 heterocycles. The van der Waals surface area contributed by atoms with E-state index in [1.165, 1.54) is 23.4 Å². The average molecular weight is 368 g/mol. The molecule has 2 aromatic heterocycles. The quantitative estimate of drug-likeness (QED) is 0.532. The number of carbonyl (C=O) groups is 1. The van der Waals surface area contributed by atoms with E-state index in [2.05, 4.69) is 15.5 Å². The van der Waals surface area contributed by atoms with Crippen molar-refractivity contribution in [3.05, 3.63) is 69.8 Å². The first-order valence-corrected chi connectivity index (χ1v) is 8.42. The van der Waals surface area contributed by atoms with Crippen LogP contribution in [0.4, 0.5) is 11.4 Å². The first-order chi connectivity index (χ1) is 12.8. The minimum atomic E-state index is -0.696. The molecule has 1 unspecified atom stereocenters. The monoisotopic (exact) mass is 368 g/mol. The summed E-state index contributed by atoms with van der Waals surface area (Å²) < 4.78 is 3.02. The van der Waals surface area contributed by atoms with Gasteiger partial charge in [-0.1, -0.05) is 29.8 Å². The Morgan fingerprint density at radius 3 is 2.59 bits per heavy atom. The van der Waals surface area contributed by atoms with E-state index in [1.807, 2.05) is 31.2 Å². The SMILES string of the molecule is Cc1ccc(Cn2cc(NC(=O)C(C)n3cc([N+](=O)[O-])c(C)n3)cn2)cc1. The Morgan fingerprint density at radius 2 is 1.96 bits per heavy atom. The van der Waals surface area contributed by atoms with Crippen molar-refractivity contribution >= 4 is 17.3 Å². The van der Waals surface area contributed by atoms with Gasteiger partial charge in [0.05, 0.1) is 23.4 Å². The number of aryl methyl sites for hydroxylation is 2. The molecule has 1 aromatic carbocycles. The van der Waals surface area contributed by atoms with Gasteiger partial charge < -0.3 is 5.32 Å². The number of aromatic nitrogens is 4. The molecule has 0 saturated carbocycles. The van der Waals surface area contributed by atoms with Crippen LogP contribution >= 0.6 is 0 Å². The Labute approximate surface area is 155 Å². The Morgan fingerprint density at radius 1 is 1.26 bits per heavy atom. The first kappa shape index (κ1) is 18.3. The van der Waals surface area contributed by atoms with Crippen LogP contribution in [-0.2, 0) is 11.3 Å². The van der Waals surface area contributed by atoms with Gasteiger partial charge in [0.1, 0.15) is 17.9 Å². The van der Waals surface area contributed by atoms with Gasteiger partial charge in [-0.3, -0.25) is 24.3 Å².